The Bertz CT molecular complexity index is 742. The van der Waals surface area contributed by atoms with Crippen molar-refractivity contribution in [3.8, 4) is 0 Å². The maximum Gasteiger partial charge on any atom is 0.259 e. The molecule has 140 valence electrons. The lowest BCUT2D eigenvalue weighted by atomic mass is 10.0. The second kappa shape index (κ2) is 7.99. The third-order valence-electron chi connectivity index (χ3n) is 5.09. The van der Waals surface area contributed by atoms with Gasteiger partial charge in [-0.25, -0.2) is 4.39 Å². The van der Waals surface area contributed by atoms with Crippen LogP contribution in [0.25, 0.3) is 0 Å². The first kappa shape index (κ1) is 18.6. The highest BCUT2D eigenvalue weighted by molar-refractivity contribution is 5.94. The highest BCUT2D eigenvalue weighted by Gasteiger charge is 2.31. The van der Waals surface area contributed by atoms with Crippen molar-refractivity contribution in [1.82, 2.24) is 15.0 Å². The van der Waals surface area contributed by atoms with Crippen LogP contribution in [-0.4, -0.2) is 46.5 Å². The Kier molecular flexibility index (Phi) is 5.71. The van der Waals surface area contributed by atoms with Crippen LogP contribution in [0, 0.1) is 18.7 Å². The van der Waals surface area contributed by atoms with E-state index in [1.807, 2.05) is 17.0 Å². The van der Waals surface area contributed by atoms with E-state index in [2.05, 4.69) is 23.9 Å². The highest BCUT2D eigenvalue weighted by atomic mass is 19.1. The van der Waals surface area contributed by atoms with E-state index < -0.39 is 0 Å². The topological polar surface area (TPSA) is 49.6 Å². The number of aryl methyl sites for hydroxylation is 1. The molecule has 1 aliphatic rings. The molecule has 1 aromatic heterocycles. The number of amides is 1. The predicted molar refractivity (Wildman–Crippen MR) is 97.2 cm³/mol. The number of carbonyl (C=O) groups excluding carboxylic acids is 1. The van der Waals surface area contributed by atoms with E-state index in [4.69, 9.17) is 4.52 Å². The van der Waals surface area contributed by atoms with Crippen LogP contribution in [0.1, 0.15) is 41.9 Å². The van der Waals surface area contributed by atoms with Crippen LogP contribution in [0.2, 0.25) is 0 Å². The third-order valence-corrected chi connectivity index (χ3v) is 5.09. The summed E-state index contributed by atoms with van der Waals surface area (Å²) >= 11 is 0. The highest BCUT2D eigenvalue weighted by Crippen LogP contribution is 2.22. The Balaban J connectivity index is 1.76. The zero-order valence-corrected chi connectivity index (χ0v) is 15.6. The second-order valence-corrected chi connectivity index (χ2v) is 7.31. The van der Waals surface area contributed by atoms with Gasteiger partial charge in [0.15, 0.2) is 0 Å². The lowest BCUT2D eigenvalue weighted by Gasteiger charge is -2.34. The fourth-order valence-electron chi connectivity index (χ4n) is 3.57. The van der Waals surface area contributed by atoms with E-state index in [0.29, 0.717) is 30.3 Å². The van der Waals surface area contributed by atoms with Crippen molar-refractivity contribution in [2.75, 3.05) is 19.6 Å². The number of rotatable bonds is 4. The van der Waals surface area contributed by atoms with Crippen LogP contribution in [-0.2, 0) is 6.54 Å². The quantitative estimate of drug-likeness (QED) is 0.838. The fraction of sp³-hybridized carbons (Fsp3) is 0.500. The van der Waals surface area contributed by atoms with Crippen molar-refractivity contribution < 1.29 is 13.7 Å². The summed E-state index contributed by atoms with van der Waals surface area (Å²) in [5.41, 5.74) is 1.63. The molecular weight excluding hydrogens is 333 g/mol. The van der Waals surface area contributed by atoms with Crippen LogP contribution in [0.15, 0.2) is 35.0 Å². The van der Waals surface area contributed by atoms with Crippen molar-refractivity contribution in [2.24, 2.45) is 5.92 Å². The van der Waals surface area contributed by atoms with Crippen molar-refractivity contribution in [2.45, 2.75) is 39.8 Å². The normalized spacial score (nSPS) is 19.0. The van der Waals surface area contributed by atoms with Crippen molar-refractivity contribution >= 4 is 5.91 Å². The summed E-state index contributed by atoms with van der Waals surface area (Å²) in [6, 6.07) is 6.92. The lowest BCUT2D eigenvalue weighted by Crippen LogP contribution is -2.45. The van der Waals surface area contributed by atoms with E-state index in [9.17, 15) is 9.18 Å². The summed E-state index contributed by atoms with van der Waals surface area (Å²) in [5.74, 6) is 0.722. The molecular formula is C20H26FN3O2. The van der Waals surface area contributed by atoms with Crippen LogP contribution in [0.5, 0.6) is 0 Å². The number of nitrogens with zero attached hydrogens (tertiary/aromatic N) is 3. The largest absolute Gasteiger partial charge is 0.361 e. The number of hydrogen-bond donors (Lipinski definition) is 0. The summed E-state index contributed by atoms with van der Waals surface area (Å²) in [6.45, 7) is 9.18. The Morgan fingerprint density at radius 3 is 2.65 bits per heavy atom. The first-order chi connectivity index (χ1) is 12.5. The minimum Gasteiger partial charge on any atom is -0.361 e. The van der Waals surface area contributed by atoms with E-state index in [1.165, 1.54) is 18.3 Å². The summed E-state index contributed by atoms with van der Waals surface area (Å²) < 4.78 is 18.2. The van der Waals surface area contributed by atoms with Crippen LogP contribution in [0.3, 0.4) is 0 Å². The molecule has 6 heteroatoms. The van der Waals surface area contributed by atoms with Gasteiger partial charge in [-0.15, -0.1) is 0 Å². The molecule has 3 rings (SSSR count). The number of aromatic nitrogens is 1. The molecule has 2 aromatic rings. The van der Waals surface area contributed by atoms with Gasteiger partial charge in [0.25, 0.3) is 5.91 Å². The maximum absolute atomic E-state index is 13.2. The average Bonchev–Trinajstić information content (AvgIpc) is 2.92. The minimum atomic E-state index is -0.217. The zero-order chi connectivity index (χ0) is 18.7. The van der Waals surface area contributed by atoms with Gasteiger partial charge in [-0.1, -0.05) is 31.1 Å². The number of halogens is 1. The van der Waals surface area contributed by atoms with Gasteiger partial charge in [0.1, 0.15) is 17.1 Å². The standard InChI is InChI=1S/C20H26FN3O2/c1-14(2)19-13-24(20(25)18-11-22-26-15(18)3)10-4-9-23(19)12-16-5-7-17(21)8-6-16/h5-8,11,14,19H,4,9-10,12-13H2,1-3H3/t19-/m0/s1. The smallest absolute Gasteiger partial charge is 0.259 e. The Labute approximate surface area is 153 Å². The number of benzene rings is 1. The number of hydrogen-bond acceptors (Lipinski definition) is 4. The van der Waals surface area contributed by atoms with Crippen molar-refractivity contribution in [3.05, 3.63) is 53.2 Å². The van der Waals surface area contributed by atoms with Gasteiger partial charge in [0.2, 0.25) is 0 Å². The Morgan fingerprint density at radius 1 is 1.31 bits per heavy atom. The number of carbonyl (C=O) groups is 1. The van der Waals surface area contributed by atoms with Gasteiger partial charge in [-0.05, 0) is 37.0 Å². The molecule has 0 N–H and O–H groups in total. The third kappa shape index (κ3) is 4.12. The molecule has 2 heterocycles. The fourth-order valence-corrected chi connectivity index (χ4v) is 3.57. The monoisotopic (exact) mass is 359 g/mol. The van der Waals surface area contributed by atoms with E-state index in [0.717, 1.165) is 25.1 Å². The van der Waals surface area contributed by atoms with Gasteiger partial charge in [0.05, 0.1) is 6.20 Å². The van der Waals surface area contributed by atoms with Crippen molar-refractivity contribution in [1.29, 1.82) is 0 Å². The van der Waals surface area contributed by atoms with Gasteiger partial charge in [-0.2, -0.15) is 0 Å². The lowest BCUT2D eigenvalue weighted by molar-refractivity contribution is 0.0700. The minimum absolute atomic E-state index is 0.0157. The molecule has 1 saturated heterocycles. The summed E-state index contributed by atoms with van der Waals surface area (Å²) in [6.07, 6.45) is 2.41. The average molecular weight is 359 g/mol. The van der Waals surface area contributed by atoms with Crippen LogP contribution in [0.4, 0.5) is 4.39 Å². The SMILES string of the molecule is Cc1oncc1C(=O)N1CCCN(Cc2ccc(F)cc2)[C@H](C(C)C)C1. The molecule has 0 unspecified atom stereocenters. The molecule has 26 heavy (non-hydrogen) atoms. The first-order valence-electron chi connectivity index (χ1n) is 9.14. The molecule has 0 radical (unpaired) electrons. The van der Waals surface area contributed by atoms with Gasteiger partial charge >= 0.3 is 0 Å². The maximum atomic E-state index is 13.2. The second-order valence-electron chi connectivity index (χ2n) is 7.31. The zero-order valence-electron chi connectivity index (χ0n) is 15.6. The Morgan fingerprint density at radius 2 is 2.04 bits per heavy atom. The van der Waals surface area contributed by atoms with E-state index in [-0.39, 0.29) is 17.8 Å². The van der Waals surface area contributed by atoms with Gasteiger partial charge in [-0.3, -0.25) is 9.69 Å². The molecule has 0 spiro atoms. The molecule has 5 nitrogen and oxygen atoms in total. The molecule has 0 saturated carbocycles. The predicted octanol–water partition coefficient (Wildman–Crippen LogP) is 3.49. The summed E-state index contributed by atoms with van der Waals surface area (Å²) in [5, 5.41) is 3.73. The van der Waals surface area contributed by atoms with Gasteiger partial charge in [0, 0.05) is 32.2 Å². The van der Waals surface area contributed by atoms with Crippen molar-refractivity contribution in [3.63, 3.8) is 0 Å². The summed E-state index contributed by atoms with van der Waals surface area (Å²) in [4.78, 5) is 17.2. The molecule has 1 aromatic carbocycles. The molecule has 1 atom stereocenters. The molecule has 1 fully saturated rings. The van der Waals surface area contributed by atoms with E-state index in [1.54, 1.807) is 6.92 Å². The molecule has 0 bridgehead atoms. The van der Waals surface area contributed by atoms with Gasteiger partial charge < -0.3 is 9.42 Å². The molecule has 1 amide bonds. The Hall–Kier alpha value is -2.21. The van der Waals surface area contributed by atoms with Crippen LogP contribution < -0.4 is 0 Å². The first-order valence-corrected chi connectivity index (χ1v) is 9.14. The summed E-state index contributed by atoms with van der Waals surface area (Å²) in [7, 11) is 0. The molecule has 1 aliphatic heterocycles. The van der Waals surface area contributed by atoms with E-state index >= 15 is 0 Å². The molecule has 0 aliphatic carbocycles. The van der Waals surface area contributed by atoms with Crippen LogP contribution >= 0.6 is 0 Å².